The molecule has 1 amide bonds. The maximum atomic E-state index is 13.5. The molecule has 0 unspecified atom stereocenters. The number of thiazole rings is 1. The van der Waals surface area contributed by atoms with E-state index in [1.807, 2.05) is 25.3 Å². The Morgan fingerprint density at radius 2 is 2.08 bits per heavy atom. The first-order valence-corrected chi connectivity index (χ1v) is 13.9. The number of nitrogens with zero attached hydrogens (tertiary/aromatic N) is 1. The van der Waals surface area contributed by atoms with Crippen LogP contribution in [0.2, 0.25) is 0 Å². The van der Waals surface area contributed by atoms with Crippen LogP contribution in [0.25, 0.3) is 6.08 Å². The van der Waals surface area contributed by atoms with Crippen molar-refractivity contribution in [2.45, 2.75) is 95.8 Å². The lowest BCUT2D eigenvalue weighted by molar-refractivity contribution is -0.147. The Morgan fingerprint density at radius 3 is 2.70 bits per heavy atom. The maximum Gasteiger partial charge on any atom is 0.223 e. The van der Waals surface area contributed by atoms with E-state index in [0.717, 1.165) is 16.3 Å². The Morgan fingerprint density at radius 1 is 1.38 bits per heavy atom. The van der Waals surface area contributed by atoms with Gasteiger partial charge < -0.3 is 25.0 Å². The van der Waals surface area contributed by atoms with Crippen LogP contribution in [-0.2, 0) is 19.1 Å². The van der Waals surface area contributed by atoms with Crippen LogP contribution < -0.4 is 5.32 Å². The third kappa shape index (κ3) is 7.28. The number of fused-ring (bicyclic) bond motifs is 1. The number of rotatable bonds is 4. The van der Waals surface area contributed by atoms with Crippen LogP contribution in [0.4, 0.5) is 0 Å². The number of hydrogen-bond acceptors (Lipinski definition) is 8. The van der Waals surface area contributed by atoms with Crippen molar-refractivity contribution in [3.63, 3.8) is 0 Å². The molecule has 3 heterocycles. The zero-order valence-electron chi connectivity index (χ0n) is 22.2. The molecule has 3 rings (SSSR count). The summed E-state index contributed by atoms with van der Waals surface area (Å²) in [5, 5.41) is 26.9. The maximum absolute atomic E-state index is 13.5. The largest absolute Gasteiger partial charge is 0.392 e. The van der Waals surface area contributed by atoms with E-state index in [1.54, 1.807) is 38.2 Å². The first-order chi connectivity index (χ1) is 17.3. The standard InChI is InChI=1S/C27H39ClN2O6S/c1-7-8-19-24(33)16(3)35-10-9-27(28)22(36-27)12-20(15(2)11-18-14-37-17(4)29-18)30-23(32)13-21(31)26(5,6)25(19)34/h7,11,14,16,19-22,24,31,33H,1,8-10,12-13H2,2-6H3,(H,30,32)/t16-,19+,20-,21-,22-,24+,27+/m0/s1. The molecule has 2 aliphatic heterocycles. The second-order valence-corrected chi connectivity index (χ2v) is 12.4. The molecule has 0 aromatic carbocycles. The van der Waals surface area contributed by atoms with Crippen LogP contribution in [-0.4, -0.2) is 69.0 Å². The van der Waals surface area contributed by atoms with Gasteiger partial charge in [0.25, 0.3) is 0 Å². The molecule has 7 atom stereocenters. The smallest absolute Gasteiger partial charge is 0.223 e. The monoisotopic (exact) mass is 554 g/mol. The van der Waals surface area contributed by atoms with Crippen molar-refractivity contribution in [1.29, 1.82) is 0 Å². The first kappa shape index (κ1) is 29.9. The van der Waals surface area contributed by atoms with Gasteiger partial charge in [-0.15, -0.1) is 17.9 Å². The van der Waals surface area contributed by atoms with Gasteiger partial charge in [-0.25, -0.2) is 4.98 Å². The van der Waals surface area contributed by atoms with Crippen molar-refractivity contribution >= 4 is 40.7 Å². The SMILES string of the molecule is C=CC[C@H]1C(=O)C(C)(C)[C@@H](O)CC(=O)N[C@H](C(C)=Cc2csc(C)n2)C[C@@H]2O[C@]2(Cl)CCO[C@@H](C)[C@H]1O. The summed E-state index contributed by atoms with van der Waals surface area (Å²) in [6.45, 7) is 12.7. The van der Waals surface area contributed by atoms with E-state index < -0.39 is 46.7 Å². The van der Waals surface area contributed by atoms with Gasteiger partial charge in [-0.1, -0.05) is 31.5 Å². The molecule has 8 nitrogen and oxygen atoms in total. The topological polar surface area (TPSA) is 121 Å². The fraction of sp³-hybridized carbons (Fsp3) is 0.667. The van der Waals surface area contributed by atoms with Gasteiger partial charge in [0.15, 0.2) is 5.06 Å². The predicted octanol–water partition coefficient (Wildman–Crippen LogP) is 3.77. The Hall–Kier alpha value is -1.62. The number of aryl methyl sites for hydroxylation is 1. The number of carbonyl (C=O) groups excluding carboxylic acids is 2. The number of epoxide rings is 1. The van der Waals surface area contributed by atoms with Gasteiger partial charge in [0.1, 0.15) is 11.9 Å². The van der Waals surface area contributed by atoms with Crippen molar-refractivity contribution in [2.24, 2.45) is 11.3 Å². The summed E-state index contributed by atoms with van der Waals surface area (Å²) in [6.07, 6.45) is 0.873. The number of ether oxygens (including phenoxy) is 2. The van der Waals surface area contributed by atoms with Crippen LogP contribution in [0.15, 0.2) is 23.6 Å². The summed E-state index contributed by atoms with van der Waals surface area (Å²) in [5.41, 5.74) is 0.390. The molecule has 2 fully saturated rings. The van der Waals surface area contributed by atoms with Crippen molar-refractivity contribution in [1.82, 2.24) is 10.3 Å². The van der Waals surface area contributed by atoms with E-state index in [-0.39, 0.29) is 31.3 Å². The highest BCUT2D eigenvalue weighted by atomic mass is 35.5. The van der Waals surface area contributed by atoms with Crippen LogP contribution in [0.1, 0.15) is 64.1 Å². The minimum Gasteiger partial charge on any atom is -0.392 e. The number of amides is 1. The lowest BCUT2D eigenvalue weighted by Gasteiger charge is -2.35. The normalized spacial score (nSPS) is 35.9. The molecule has 0 spiro atoms. The average molecular weight is 555 g/mol. The predicted molar refractivity (Wildman–Crippen MR) is 144 cm³/mol. The molecular weight excluding hydrogens is 516 g/mol. The number of aliphatic hydroxyl groups excluding tert-OH is 2. The fourth-order valence-electron chi connectivity index (χ4n) is 4.72. The van der Waals surface area contributed by atoms with E-state index in [0.29, 0.717) is 12.8 Å². The molecule has 2 aliphatic rings. The third-order valence-corrected chi connectivity index (χ3v) is 8.74. The summed E-state index contributed by atoms with van der Waals surface area (Å²) in [4.78, 5) is 31.1. The zero-order chi connectivity index (χ0) is 27.5. The first-order valence-electron chi connectivity index (χ1n) is 12.7. The summed E-state index contributed by atoms with van der Waals surface area (Å²) < 4.78 is 11.7. The van der Waals surface area contributed by atoms with Crippen LogP contribution in [0.5, 0.6) is 0 Å². The quantitative estimate of drug-likeness (QED) is 0.294. The van der Waals surface area contributed by atoms with Crippen molar-refractivity contribution < 1.29 is 29.3 Å². The number of ketones is 1. The molecule has 3 N–H and O–H groups in total. The Labute approximate surface area is 228 Å². The van der Waals surface area contributed by atoms with Gasteiger partial charge in [0.05, 0.1) is 59.4 Å². The number of carbonyl (C=O) groups is 2. The van der Waals surface area contributed by atoms with Crippen LogP contribution >= 0.6 is 22.9 Å². The number of aliphatic hydroxyl groups is 2. The van der Waals surface area contributed by atoms with Gasteiger partial charge in [-0.05, 0) is 38.8 Å². The summed E-state index contributed by atoms with van der Waals surface area (Å²) >= 11 is 8.22. The zero-order valence-corrected chi connectivity index (χ0v) is 23.8. The highest BCUT2D eigenvalue weighted by Gasteiger charge is 2.55. The van der Waals surface area contributed by atoms with Crippen molar-refractivity contribution in [2.75, 3.05) is 6.61 Å². The minimum absolute atomic E-state index is 0.211. The number of aromatic nitrogens is 1. The number of Topliss-reactive ketones (excluding diaryl/α,β-unsaturated/α-hetero) is 1. The van der Waals surface area contributed by atoms with Crippen molar-refractivity contribution in [3.8, 4) is 0 Å². The van der Waals surface area contributed by atoms with Crippen LogP contribution in [0, 0.1) is 18.3 Å². The second-order valence-electron chi connectivity index (χ2n) is 10.7. The molecule has 0 radical (unpaired) electrons. The average Bonchev–Trinajstić information content (AvgIpc) is 3.27. The number of halogens is 1. The lowest BCUT2D eigenvalue weighted by atomic mass is 9.72. The van der Waals surface area contributed by atoms with Crippen molar-refractivity contribution in [3.05, 3.63) is 34.3 Å². The number of nitrogens with one attached hydrogen (secondary N) is 1. The van der Waals surface area contributed by atoms with Gasteiger partial charge in [-0.3, -0.25) is 9.59 Å². The van der Waals surface area contributed by atoms with Gasteiger partial charge in [-0.2, -0.15) is 0 Å². The third-order valence-electron chi connectivity index (χ3n) is 7.43. The van der Waals surface area contributed by atoms with Gasteiger partial charge >= 0.3 is 0 Å². The molecule has 2 saturated heterocycles. The number of alkyl halides is 1. The second kappa shape index (κ2) is 12.1. The molecule has 0 aliphatic carbocycles. The van der Waals surface area contributed by atoms with E-state index in [9.17, 15) is 19.8 Å². The number of allylic oxidation sites excluding steroid dienone is 1. The Bertz CT molecular complexity index is 1030. The summed E-state index contributed by atoms with van der Waals surface area (Å²) in [6, 6.07) is -0.408. The Balaban J connectivity index is 1.88. The molecule has 37 heavy (non-hydrogen) atoms. The van der Waals surface area contributed by atoms with E-state index >= 15 is 0 Å². The molecule has 206 valence electrons. The molecule has 1 aromatic heterocycles. The van der Waals surface area contributed by atoms with Crippen LogP contribution in [0.3, 0.4) is 0 Å². The highest BCUT2D eigenvalue weighted by Crippen LogP contribution is 2.47. The number of hydrogen-bond donors (Lipinski definition) is 3. The van der Waals surface area contributed by atoms with Gasteiger partial charge in [0.2, 0.25) is 5.91 Å². The fourth-order valence-corrected chi connectivity index (χ4v) is 5.56. The van der Waals surface area contributed by atoms with E-state index in [4.69, 9.17) is 21.1 Å². The molecule has 1 aromatic rings. The Kier molecular flexibility index (Phi) is 9.75. The molecule has 10 heteroatoms. The minimum atomic E-state index is -1.29. The lowest BCUT2D eigenvalue weighted by Crippen LogP contribution is -2.49. The molecular formula is C27H39ClN2O6S. The van der Waals surface area contributed by atoms with E-state index in [1.165, 1.54) is 0 Å². The summed E-state index contributed by atoms with van der Waals surface area (Å²) in [7, 11) is 0. The summed E-state index contributed by atoms with van der Waals surface area (Å²) in [5.74, 6) is -1.60. The molecule has 0 saturated carbocycles. The van der Waals surface area contributed by atoms with E-state index in [2.05, 4.69) is 16.9 Å². The molecule has 0 bridgehead atoms. The van der Waals surface area contributed by atoms with Gasteiger partial charge in [0, 0.05) is 18.2 Å². The highest BCUT2D eigenvalue weighted by molar-refractivity contribution is 7.09.